The zero-order valence-electron chi connectivity index (χ0n) is 77.3. The molecule has 6 amide bonds. The van der Waals surface area contributed by atoms with Crippen LogP contribution in [0.25, 0.3) is 0 Å². The fraction of sp³-hybridized carbons (Fsp3) is 0.914. The zero-order valence-corrected chi connectivity index (χ0v) is 77.3. The molecule has 0 aromatic rings. The molecule has 6 atom stereocenters. The van der Waals surface area contributed by atoms with Crippen LogP contribution in [0.4, 0.5) is 0 Å². The summed E-state index contributed by atoms with van der Waals surface area (Å²) in [6.45, 7) is 69.4. The molecule has 0 aromatic carbocycles. The first kappa shape index (κ1) is 103. The molecule has 18 nitrogen and oxygen atoms in total. The summed E-state index contributed by atoms with van der Waals surface area (Å²) in [7, 11) is 0. The van der Waals surface area contributed by atoms with Crippen LogP contribution < -0.4 is 31.9 Å². The number of ether oxygens (including phenoxy) is 6. The standard InChI is InChI=1S/C18H33NO2.C17H33NO2.C16H29NO2.C15H29NO2.C14H27NO2.C13H25NO2/c1-18(2,3)19-17(20)16(12-14-8-4-5-9-14)21-13-15-10-6-7-11-15;1-16(2,3)11-14(15(19)18-17(4,5)6)20-12-13-9-7-8-10-13;1-12(2)10-14(15(18)17-16(3,4)5)19-11-13-8-6-7-9-13;1-14(2,3)9-12(18-10-11-7-8-11)13(17)16-15(4,5)6;1-13(2,3)11(17-9-10-7-8-10)12(16)15-14(4,5)6;1-9(2)11(16-8-10-6-7-10)12(15)14-13(3,4)5/h14-16H,4-13H2,1-3H3,(H,19,20);13-14H,7-12H2,1-6H3,(H,18,19);13-14H,1,6-11H2,2-5H3,(H,17,18);11-12H,7-10H2,1-6H3,(H,16,17);10-11H,7-9H2,1-6H3,(H,15,16);9-11H,6-8H2,1-5H3,(H,14,15). The topological polar surface area (TPSA) is 230 Å². The number of carbonyl (C=O) groups excluding carboxylic acids is 6. The van der Waals surface area contributed by atoms with Gasteiger partial charge in [-0.05, 0) is 291 Å². The second-order valence-corrected chi connectivity index (χ2v) is 44.7. The van der Waals surface area contributed by atoms with Crippen LogP contribution in [-0.4, -0.2) is 145 Å². The normalized spacial score (nSPS) is 19.5. The summed E-state index contributed by atoms with van der Waals surface area (Å²) in [6.07, 6.45) is 29.2. The molecule has 0 aromatic heterocycles. The summed E-state index contributed by atoms with van der Waals surface area (Å²) in [5.41, 5.74) is -0.177. The Hall–Kier alpha value is -3.68. The Morgan fingerprint density at radius 2 is 0.541 bits per heavy atom. The lowest BCUT2D eigenvalue weighted by atomic mass is 9.88. The summed E-state index contributed by atoms with van der Waals surface area (Å²) < 4.78 is 35.3. The molecule has 6 N–H and O–H groups in total. The summed E-state index contributed by atoms with van der Waals surface area (Å²) in [4.78, 5) is 73.6. The van der Waals surface area contributed by atoms with Crippen molar-refractivity contribution >= 4 is 35.4 Å². The van der Waals surface area contributed by atoms with Gasteiger partial charge in [-0.1, -0.05) is 146 Å². The highest BCUT2D eigenvalue weighted by molar-refractivity contribution is 5.84. The Labute approximate surface area is 681 Å². The van der Waals surface area contributed by atoms with Crippen molar-refractivity contribution in [3.63, 3.8) is 0 Å². The molecule has 111 heavy (non-hydrogen) atoms. The lowest BCUT2D eigenvalue weighted by molar-refractivity contribution is -0.142. The van der Waals surface area contributed by atoms with Gasteiger partial charge in [0.1, 0.15) is 36.6 Å². The highest BCUT2D eigenvalue weighted by Gasteiger charge is 2.38. The zero-order chi connectivity index (χ0) is 84.7. The van der Waals surface area contributed by atoms with Crippen LogP contribution in [0.2, 0.25) is 0 Å². The molecule has 6 unspecified atom stereocenters. The molecule has 0 aliphatic heterocycles. The van der Waals surface area contributed by atoms with E-state index in [2.05, 4.69) is 80.0 Å². The van der Waals surface area contributed by atoms with E-state index < -0.39 is 6.10 Å². The second-order valence-electron chi connectivity index (χ2n) is 44.7. The highest BCUT2D eigenvalue weighted by Crippen LogP contribution is 2.36. The number of rotatable bonds is 31. The van der Waals surface area contributed by atoms with Gasteiger partial charge < -0.3 is 60.3 Å². The molecule has 7 aliphatic carbocycles. The Kier molecular flexibility index (Phi) is 44.4. The van der Waals surface area contributed by atoms with E-state index >= 15 is 0 Å². The van der Waals surface area contributed by atoms with Crippen LogP contribution >= 0.6 is 0 Å². The van der Waals surface area contributed by atoms with Gasteiger partial charge in [-0.3, -0.25) is 28.8 Å². The van der Waals surface area contributed by atoms with E-state index in [1.165, 1.54) is 141 Å². The fourth-order valence-corrected chi connectivity index (χ4v) is 13.7. The minimum atomic E-state index is -0.391. The van der Waals surface area contributed by atoms with Gasteiger partial charge in [0.05, 0.1) is 39.6 Å². The lowest BCUT2D eigenvalue weighted by Crippen LogP contribution is -2.51. The van der Waals surface area contributed by atoms with Gasteiger partial charge in [0, 0.05) is 39.7 Å². The maximum atomic E-state index is 12.5. The van der Waals surface area contributed by atoms with Gasteiger partial charge in [-0.2, -0.15) is 0 Å². The first-order valence-corrected chi connectivity index (χ1v) is 44.0. The third-order valence-electron chi connectivity index (χ3n) is 19.9. The van der Waals surface area contributed by atoms with Crippen molar-refractivity contribution < 1.29 is 57.2 Å². The smallest absolute Gasteiger partial charge is 0.250 e. The van der Waals surface area contributed by atoms with Crippen LogP contribution in [0.3, 0.4) is 0 Å². The van der Waals surface area contributed by atoms with Gasteiger partial charge >= 0.3 is 0 Å². The maximum Gasteiger partial charge on any atom is 0.250 e. The predicted octanol–water partition coefficient (Wildman–Crippen LogP) is 19.6. The summed E-state index contributed by atoms with van der Waals surface area (Å²) in [5, 5.41) is 18.2. The molecule has 7 saturated carbocycles. The lowest BCUT2D eigenvalue weighted by Gasteiger charge is -2.32. The molecule has 0 heterocycles. The van der Waals surface area contributed by atoms with Gasteiger partial charge in [0.2, 0.25) is 35.4 Å². The van der Waals surface area contributed by atoms with Crippen molar-refractivity contribution in [3.05, 3.63) is 12.2 Å². The number of hydrogen-bond donors (Lipinski definition) is 6. The maximum absolute atomic E-state index is 12.5. The van der Waals surface area contributed by atoms with Crippen LogP contribution in [0.15, 0.2) is 12.2 Å². The van der Waals surface area contributed by atoms with Gasteiger partial charge in [-0.15, -0.1) is 6.58 Å². The highest BCUT2D eigenvalue weighted by atomic mass is 16.5. The van der Waals surface area contributed by atoms with Crippen molar-refractivity contribution in [2.45, 2.75) is 445 Å². The molecule has 0 bridgehead atoms. The SMILES string of the molecule is C=C(C)CC(OCC1CCCC1)C(=O)NC(C)(C)C.CC(C)(C)CC(OCC1CC1)C(=O)NC(C)(C)C.CC(C)(C)CC(OCC1CCCC1)C(=O)NC(C)(C)C.CC(C)(C)NC(=O)C(CC1CCCC1)OCC1CCCC1.CC(C)(C)NC(=O)C(OCC1CC1)C(C)(C)C.CC(C)C(OCC1CC1)C(=O)NC(C)(C)C. The van der Waals surface area contributed by atoms with Crippen LogP contribution in [0, 0.1) is 63.6 Å². The predicted molar refractivity (Wildman–Crippen MR) is 458 cm³/mol. The number of nitrogens with one attached hydrogen (secondary N) is 6. The molecule has 7 fully saturated rings. The Balaban J connectivity index is 0.000000453. The van der Waals surface area contributed by atoms with Crippen molar-refractivity contribution in [1.82, 2.24) is 31.9 Å². The molecular weight excluding hydrogens is 1390 g/mol. The van der Waals surface area contributed by atoms with Crippen molar-refractivity contribution in [1.29, 1.82) is 0 Å². The van der Waals surface area contributed by atoms with E-state index in [-0.39, 0.29) is 121 Å². The molecule has 0 radical (unpaired) electrons. The number of hydrogen-bond acceptors (Lipinski definition) is 12. The Bertz CT molecular complexity index is 2670. The molecule has 0 saturated heterocycles. The van der Waals surface area contributed by atoms with Gasteiger partial charge in [0.25, 0.3) is 0 Å². The van der Waals surface area contributed by atoms with E-state index in [1.807, 2.05) is 166 Å². The first-order valence-electron chi connectivity index (χ1n) is 44.0. The van der Waals surface area contributed by atoms with Crippen LogP contribution in [-0.2, 0) is 57.2 Å². The third-order valence-corrected chi connectivity index (χ3v) is 19.9. The fourth-order valence-electron chi connectivity index (χ4n) is 13.7. The minimum absolute atomic E-state index is 0.00523. The Morgan fingerprint density at radius 1 is 0.306 bits per heavy atom. The first-order chi connectivity index (χ1) is 50.7. The number of carbonyl (C=O) groups is 6. The quantitative estimate of drug-likeness (QED) is 0.0356. The van der Waals surface area contributed by atoms with E-state index in [0.717, 1.165) is 57.9 Å². The largest absolute Gasteiger partial charge is 0.368 e. The molecule has 18 heteroatoms. The summed E-state index contributed by atoms with van der Waals surface area (Å²) in [6, 6.07) is 0. The average Bonchev–Trinajstić information content (AvgIpc) is 1.51. The minimum Gasteiger partial charge on any atom is -0.368 e. The average molecular weight is 1570 g/mol. The molecule has 0 spiro atoms. The van der Waals surface area contributed by atoms with E-state index in [9.17, 15) is 28.8 Å². The van der Waals surface area contributed by atoms with Crippen LogP contribution in [0.5, 0.6) is 0 Å². The molecule has 650 valence electrons. The monoisotopic (exact) mass is 1570 g/mol. The second kappa shape index (κ2) is 47.7. The van der Waals surface area contributed by atoms with Crippen LogP contribution in [0.1, 0.15) is 375 Å². The molecule has 7 aliphatic rings. The van der Waals surface area contributed by atoms with Gasteiger partial charge in [0.15, 0.2) is 0 Å². The Morgan fingerprint density at radius 3 is 0.811 bits per heavy atom. The molecule has 7 rings (SSSR count). The molecular formula is C93H176N6O12. The van der Waals surface area contributed by atoms with Crippen molar-refractivity contribution in [3.8, 4) is 0 Å². The van der Waals surface area contributed by atoms with Gasteiger partial charge in [-0.25, -0.2) is 0 Å². The third kappa shape index (κ3) is 54.8. The van der Waals surface area contributed by atoms with Crippen molar-refractivity contribution in [2.24, 2.45) is 63.6 Å². The van der Waals surface area contributed by atoms with E-state index in [4.69, 9.17) is 28.4 Å². The number of amides is 6. The summed E-state index contributed by atoms with van der Waals surface area (Å²) >= 11 is 0. The van der Waals surface area contributed by atoms with E-state index in [0.29, 0.717) is 54.5 Å². The van der Waals surface area contributed by atoms with E-state index in [1.54, 1.807) is 0 Å². The van der Waals surface area contributed by atoms with Crippen molar-refractivity contribution in [2.75, 3.05) is 39.6 Å². The summed E-state index contributed by atoms with van der Waals surface area (Å²) in [5.74, 6) is 5.10.